The van der Waals surface area contributed by atoms with Gasteiger partial charge in [-0.25, -0.2) is 8.42 Å². The molecule has 0 radical (unpaired) electrons. The van der Waals surface area contributed by atoms with Crippen LogP contribution >= 0.6 is 0 Å². The molecule has 0 heterocycles. The number of carbonyl (C=O) groups excluding carboxylic acids is 2. The fraction of sp³-hybridized carbons (Fsp3) is 0.0588. The van der Waals surface area contributed by atoms with Crippen LogP contribution < -0.4 is 10.5 Å². The van der Waals surface area contributed by atoms with Crippen LogP contribution in [0.25, 0.3) is 0 Å². The lowest BCUT2D eigenvalue weighted by molar-refractivity contribution is 0.0970. The molecule has 24 heavy (non-hydrogen) atoms. The monoisotopic (exact) mass is 342 g/mol. The first-order chi connectivity index (χ1) is 11.3. The first-order valence-electron chi connectivity index (χ1n) is 7.09. The summed E-state index contributed by atoms with van der Waals surface area (Å²) in [6, 6.07) is 12.2. The van der Waals surface area contributed by atoms with E-state index >= 15 is 0 Å². The highest BCUT2D eigenvalue weighted by atomic mass is 32.2. The lowest BCUT2D eigenvalue weighted by Gasteiger charge is -2.19. The number of hydrogen-bond acceptors (Lipinski definition) is 5. The lowest BCUT2D eigenvalue weighted by atomic mass is 9.91. The van der Waals surface area contributed by atoms with Crippen LogP contribution in [0.3, 0.4) is 0 Å². The number of nitrogens with one attached hydrogen (secondary N) is 1. The number of carbonyl (C=O) groups is 2. The van der Waals surface area contributed by atoms with Gasteiger partial charge in [-0.1, -0.05) is 42.0 Å². The first-order valence-corrected chi connectivity index (χ1v) is 8.57. The summed E-state index contributed by atoms with van der Waals surface area (Å²) in [6.07, 6.45) is 0. The van der Waals surface area contributed by atoms with Crippen LogP contribution in [0.1, 0.15) is 26.3 Å². The quantitative estimate of drug-likeness (QED) is 0.879. The molecule has 0 fully saturated rings. The van der Waals surface area contributed by atoms with E-state index in [1.807, 2.05) is 6.92 Å². The smallest absolute Gasteiger partial charge is 0.262 e. The average molecular weight is 342 g/mol. The SMILES string of the molecule is Cc1ccc(S(=O)(=O)NC2=C(N)C(=O)c3ccccc3C2=O)cc1. The van der Waals surface area contributed by atoms with Gasteiger partial charge >= 0.3 is 0 Å². The third-order valence-electron chi connectivity index (χ3n) is 3.73. The van der Waals surface area contributed by atoms with E-state index in [-0.39, 0.29) is 16.0 Å². The third-order valence-corrected chi connectivity index (χ3v) is 5.09. The zero-order valence-electron chi connectivity index (χ0n) is 12.7. The second-order valence-corrected chi connectivity index (χ2v) is 7.09. The van der Waals surface area contributed by atoms with Crippen LogP contribution in [0.4, 0.5) is 0 Å². The first kappa shape index (κ1) is 15.9. The van der Waals surface area contributed by atoms with Gasteiger partial charge in [0.1, 0.15) is 11.4 Å². The molecule has 1 aliphatic rings. The molecule has 1 aliphatic carbocycles. The summed E-state index contributed by atoms with van der Waals surface area (Å²) in [5, 5.41) is 0. The summed E-state index contributed by atoms with van der Waals surface area (Å²) in [5.41, 5.74) is 6.08. The van der Waals surface area contributed by atoms with Crippen molar-refractivity contribution in [2.24, 2.45) is 5.73 Å². The van der Waals surface area contributed by atoms with Crippen molar-refractivity contribution in [3.63, 3.8) is 0 Å². The second kappa shape index (κ2) is 5.61. The molecule has 2 aromatic carbocycles. The molecule has 0 amide bonds. The van der Waals surface area contributed by atoms with E-state index in [2.05, 4.69) is 4.72 Å². The Balaban J connectivity index is 2.03. The molecular formula is C17H14N2O4S. The minimum Gasteiger partial charge on any atom is -0.394 e. The molecule has 0 saturated heterocycles. The maximum absolute atomic E-state index is 12.5. The molecule has 7 heteroatoms. The largest absolute Gasteiger partial charge is 0.394 e. The summed E-state index contributed by atoms with van der Waals surface area (Å²) >= 11 is 0. The van der Waals surface area contributed by atoms with Crippen molar-refractivity contribution >= 4 is 21.6 Å². The van der Waals surface area contributed by atoms with Gasteiger partial charge in [0.25, 0.3) is 10.0 Å². The minimum atomic E-state index is -4.03. The number of ketones is 2. The summed E-state index contributed by atoms with van der Waals surface area (Å²) < 4.78 is 27.1. The molecular weight excluding hydrogens is 328 g/mol. The summed E-state index contributed by atoms with van der Waals surface area (Å²) in [4.78, 5) is 24.8. The highest BCUT2D eigenvalue weighted by Crippen LogP contribution is 2.24. The number of Topliss-reactive ketones (excluding diaryl/α,β-unsaturated/α-hetero) is 2. The van der Waals surface area contributed by atoms with Gasteiger partial charge in [-0.2, -0.15) is 0 Å². The number of nitrogens with two attached hydrogens (primary N) is 1. The van der Waals surface area contributed by atoms with Crippen LogP contribution in [-0.4, -0.2) is 20.0 Å². The second-order valence-electron chi connectivity index (χ2n) is 5.41. The van der Waals surface area contributed by atoms with E-state index in [1.54, 1.807) is 24.3 Å². The zero-order valence-corrected chi connectivity index (χ0v) is 13.6. The van der Waals surface area contributed by atoms with Crippen molar-refractivity contribution < 1.29 is 18.0 Å². The van der Waals surface area contributed by atoms with Crippen LogP contribution in [0, 0.1) is 6.92 Å². The van der Waals surface area contributed by atoms with Crippen molar-refractivity contribution in [1.82, 2.24) is 4.72 Å². The number of hydrogen-bond donors (Lipinski definition) is 2. The number of rotatable bonds is 3. The summed E-state index contributed by atoms with van der Waals surface area (Å²) in [7, 11) is -4.03. The van der Waals surface area contributed by atoms with Gasteiger partial charge in [0.15, 0.2) is 0 Å². The normalized spacial score (nSPS) is 14.5. The third kappa shape index (κ3) is 2.59. The predicted molar refractivity (Wildman–Crippen MR) is 87.8 cm³/mol. The Morgan fingerprint density at radius 2 is 1.42 bits per heavy atom. The summed E-state index contributed by atoms with van der Waals surface area (Å²) in [6.45, 7) is 1.82. The van der Waals surface area contributed by atoms with E-state index in [0.717, 1.165) is 5.56 Å². The van der Waals surface area contributed by atoms with E-state index in [4.69, 9.17) is 5.73 Å². The molecule has 0 aromatic heterocycles. The fourth-order valence-electron chi connectivity index (χ4n) is 2.41. The molecule has 0 bridgehead atoms. The van der Waals surface area contributed by atoms with Gasteiger partial charge in [0.05, 0.1) is 4.90 Å². The van der Waals surface area contributed by atoms with Gasteiger partial charge in [0, 0.05) is 11.1 Å². The standard InChI is InChI=1S/C17H14N2O4S/c1-10-6-8-11(9-7-10)24(22,23)19-15-14(18)16(20)12-4-2-3-5-13(12)17(15)21/h2-9,19H,18H2,1H3. The van der Waals surface area contributed by atoms with Gasteiger partial charge < -0.3 is 5.73 Å². The molecule has 3 N–H and O–H groups in total. The van der Waals surface area contributed by atoms with E-state index in [0.29, 0.717) is 0 Å². The molecule has 0 spiro atoms. The topological polar surface area (TPSA) is 106 Å². The predicted octanol–water partition coefficient (Wildman–Crippen LogP) is 1.52. The van der Waals surface area contributed by atoms with Crippen molar-refractivity contribution in [2.75, 3.05) is 0 Å². The molecule has 122 valence electrons. The highest BCUT2D eigenvalue weighted by molar-refractivity contribution is 7.89. The average Bonchev–Trinajstić information content (AvgIpc) is 2.57. The molecule has 0 aliphatic heterocycles. The molecule has 0 unspecified atom stereocenters. The van der Waals surface area contributed by atoms with Crippen LogP contribution in [-0.2, 0) is 10.0 Å². The highest BCUT2D eigenvalue weighted by Gasteiger charge is 2.33. The number of sulfonamides is 1. The Labute approximate surface area is 139 Å². The Bertz CT molecular complexity index is 990. The molecule has 0 atom stereocenters. The maximum atomic E-state index is 12.5. The van der Waals surface area contributed by atoms with Crippen molar-refractivity contribution in [2.45, 2.75) is 11.8 Å². The Hall–Kier alpha value is -2.93. The van der Waals surface area contributed by atoms with Gasteiger partial charge in [0.2, 0.25) is 11.6 Å². The number of fused-ring (bicyclic) bond motifs is 1. The van der Waals surface area contributed by atoms with Crippen molar-refractivity contribution in [3.05, 3.63) is 76.6 Å². The number of aryl methyl sites for hydroxylation is 1. The van der Waals surface area contributed by atoms with Gasteiger partial charge in [-0.3, -0.25) is 14.3 Å². The zero-order chi connectivity index (χ0) is 17.5. The van der Waals surface area contributed by atoms with Crippen molar-refractivity contribution in [1.29, 1.82) is 0 Å². The van der Waals surface area contributed by atoms with Crippen molar-refractivity contribution in [3.8, 4) is 0 Å². The van der Waals surface area contributed by atoms with Crippen LogP contribution in [0.2, 0.25) is 0 Å². The van der Waals surface area contributed by atoms with Gasteiger partial charge in [-0.15, -0.1) is 0 Å². The van der Waals surface area contributed by atoms with Gasteiger partial charge in [-0.05, 0) is 19.1 Å². The Morgan fingerprint density at radius 3 is 2.00 bits per heavy atom. The van der Waals surface area contributed by atoms with E-state index in [1.165, 1.54) is 24.3 Å². The molecule has 0 saturated carbocycles. The fourth-order valence-corrected chi connectivity index (χ4v) is 3.49. The summed E-state index contributed by atoms with van der Waals surface area (Å²) in [5.74, 6) is -1.20. The maximum Gasteiger partial charge on any atom is 0.262 e. The number of allylic oxidation sites excluding steroid dienone is 2. The van der Waals surface area contributed by atoms with E-state index in [9.17, 15) is 18.0 Å². The van der Waals surface area contributed by atoms with Crippen LogP contribution in [0.15, 0.2) is 64.8 Å². The minimum absolute atomic E-state index is 0.0208. The number of benzene rings is 2. The lowest BCUT2D eigenvalue weighted by Crippen LogP contribution is -2.36. The molecule has 2 aromatic rings. The Kier molecular flexibility index (Phi) is 3.73. The Morgan fingerprint density at radius 1 is 0.875 bits per heavy atom. The molecule has 3 rings (SSSR count). The molecule has 6 nitrogen and oxygen atoms in total. The van der Waals surface area contributed by atoms with E-state index < -0.39 is 33.0 Å². The van der Waals surface area contributed by atoms with Crippen LogP contribution in [0.5, 0.6) is 0 Å².